The maximum atomic E-state index is 12.0. The van der Waals surface area contributed by atoms with Crippen LogP contribution in [0.4, 0.5) is 5.69 Å². The Morgan fingerprint density at radius 1 is 1.15 bits per heavy atom. The molecule has 0 spiro atoms. The monoisotopic (exact) mass is 269 g/mol. The van der Waals surface area contributed by atoms with E-state index in [1.54, 1.807) is 12.3 Å². The predicted molar refractivity (Wildman–Crippen MR) is 80.7 cm³/mol. The van der Waals surface area contributed by atoms with Gasteiger partial charge in [-0.2, -0.15) is 0 Å². The quantitative estimate of drug-likeness (QED) is 0.877. The van der Waals surface area contributed by atoms with Gasteiger partial charge < -0.3 is 10.6 Å². The number of carbonyl (C=O) groups excluding carboxylic acids is 1. The molecule has 0 aliphatic carbocycles. The minimum Gasteiger partial charge on any atom is -0.384 e. The van der Waals surface area contributed by atoms with Crippen LogP contribution in [0.15, 0.2) is 42.6 Å². The van der Waals surface area contributed by atoms with Crippen LogP contribution in [0.3, 0.4) is 0 Å². The fourth-order valence-electron chi connectivity index (χ4n) is 1.82. The van der Waals surface area contributed by atoms with Gasteiger partial charge in [0.25, 0.3) is 5.91 Å². The number of rotatable bonds is 5. The van der Waals surface area contributed by atoms with Gasteiger partial charge in [-0.05, 0) is 31.5 Å². The van der Waals surface area contributed by atoms with Gasteiger partial charge >= 0.3 is 0 Å². The van der Waals surface area contributed by atoms with Crippen molar-refractivity contribution in [3.63, 3.8) is 0 Å². The van der Waals surface area contributed by atoms with Crippen molar-refractivity contribution >= 4 is 11.6 Å². The predicted octanol–water partition coefficient (Wildman–Crippen LogP) is 2.75. The van der Waals surface area contributed by atoms with Gasteiger partial charge in [0.1, 0.15) is 5.69 Å². The van der Waals surface area contributed by atoms with Crippen LogP contribution >= 0.6 is 0 Å². The zero-order valence-electron chi connectivity index (χ0n) is 11.8. The van der Waals surface area contributed by atoms with Crippen LogP contribution in [0.5, 0.6) is 0 Å². The van der Waals surface area contributed by atoms with Crippen molar-refractivity contribution in [3.8, 4) is 0 Å². The number of nitrogens with zero attached hydrogens (tertiary/aromatic N) is 1. The van der Waals surface area contributed by atoms with Gasteiger partial charge in [-0.3, -0.25) is 4.79 Å². The molecular formula is C16H19N3O. The van der Waals surface area contributed by atoms with Crippen LogP contribution in [-0.4, -0.2) is 17.4 Å². The Morgan fingerprint density at radius 3 is 2.50 bits per heavy atom. The van der Waals surface area contributed by atoms with Gasteiger partial charge in [0.15, 0.2) is 0 Å². The number of carbonyl (C=O) groups is 1. The summed E-state index contributed by atoms with van der Waals surface area (Å²) in [6.45, 7) is 5.40. The molecule has 0 bridgehead atoms. The fourth-order valence-corrected chi connectivity index (χ4v) is 1.82. The number of aryl methyl sites for hydroxylation is 1. The Balaban J connectivity index is 1.92. The highest BCUT2D eigenvalue weighted by atomic mass is 16.1. The topological polar surface area (TPSA) is 54.0 Å². The molecule has 2 aromatic rings. The summed E-state index contributed by atoms with van der Waals surface area (Å²) in [6, 6.07) is 11.7. The van der Waals surface area contributed by atoms with Gasteiger partial charge in [0.05, 0.1) is 11.9 Å². The second-order valence-corrected chi connectivity index (χ2v) is 4.63. The maximum Gasteiger partial charge on any atom is 0.270 e. The van der Waals surface area contributed by atoms with E-state index in [9.17, 15) is 4.79 Å². The molecule has 0 saturated carbocycles. The van der Waals surface area contributed by atoms with Gasteiger partial charge in [-0.15, -0.1) is 0 Å². The zero-order chi connectivity index (χ0) is 14.4. The van der Waals surface area contributed by atoms with Crippen LogP contribution in [-0.2, 0) is 6.54 Å². The minimum atomic E-state index is -0.159. The fraction of sp³-hybridized carbons (Fsp3) is 0.250. The van der Waals surface area contributed by atoms with E-state index < -0.39 is 0 Å². The second-order valence-electron chi connectivity index (χ2n) is 4.63. The summed E-state index contributed by atoms with van der Waals surface area (Å²) in [7, 11) is 0. The van der Waals surface area contributed by atoms with E-state index >= 15 is 0 Å². The molecule has 0 radical (unpaired) electrons. The summed E-state index contributed by atoms with van der Waals surface area (Å²) >= 11 is 0. The SMILES string of the molecule is CCNc1ccc(C(=O)NCc2ccc(C)cc2)nc1. The van der Waals surface area contributed by atoms with Gasteiger partial charge in [0.2, 0.25) is 0 Å². The number of hydrogen-bond donors (Lipinski definition) is 2. The lowest BCUT2D eigenvalue weighted by molar-refractivity contribution is 0.0946. The molecule has 20 heavy (non-hydrogen) atoms. The van der Waals surface area contributed by atoms with Crippen LogP contribution < -0.4 is 10.6 Å². The number of nitrogens with one attached hydrogen (secondary N) is 2. The lowest BCUT2D eigenvalue weighted by atomic mass is 10.1. The first-order valence-corrected chi connectivity index (χ1v) is 6.72. The molecule has 0 fully saturated rings. The van der Waals surface area contributed by atoms with E-state index in [2.05, 4.69) is 15.6 Å². The second kappa shape index (κ2) is 6.70. The summed E-state index contributed by atoms with van der Waals surface area (Å²) in [6.07, 6.45) is 1.67. The number of amides is 1. The van der Waals surface area contributed by atoms with Crippen molar-refractivity contribution in [1.29, 1.82) is 0 Å². The van der Waals surface area contributed by atoms with E-state index in [-0.39, 0.29) is 5.91 Å². The number of hydrogen-bond acceptors (Lipinski definition) is 3. The molecule has 0 aliphatic rings. The molecule has 0 aliphatic heterocycles. The van der Waals surface area contributed by atoms with Crippen LogP contribution in [0.1, 0.15) is 28.5 Å². The molecule has 1 amide bonds. The third kappa shape index (κ3) is 3.82. The van der Waals surface area contributed by atoms with Crippen molar-refractivity contribution in [2.75, 3.05) is 11.9 Å². The number of benzene rings is 1. The Kier molecular flexibility index (Phi) is 4.71. The van der Waals surface area contributed by atoms with Crippen molar-refractivity contribution < 1.29 is 4.79 Å². The highest BCUT2D eigenvalue weighted by Crippen LogP contribution is 2.06. The van der Waals surface area contributed by atoms with E-state index in [0.717, 1.165) is 17.8 Å². The molecule has 104 valence electrons. The lowest BCUT2D eigenvalue weighted by Gasteiger charge is -2.06. The Bertz CT molecular complexity index is 561. The summed E-state index contributed by atoms with van der Waals surface area (Å²) < 4.78 is 0. The molecule has 2 N–H and O–H groups in total. The molecule has 1 aromatic heterocycles. The van der Waals surface area contributed by atoms with Gasteiger partial charge in [0, 0.05) is 13.1 Å². The van der Waals surface area contributed by atoms with Crippen LogP contribution in [0.2, 0.25) is 0 Å². The summed E-state index contributed by atoms with van der Waals surface area (Å²) in [4.78, 5) is 16.1. The zero-order valence-corrected chi connectivity index (χ0v) is 11.8. The molecule has 1 heterocycles. The van der Waals surface area contributed by atoms with E-state index in [1.165, 1.54) is 5.56 Å². The first kappa shape index (κ1) is 14.1. The van der Waals surface area contributed by atoms with E-state index in [1.807, 2.05) is 44.2 Å². The van der Waals surface area contributed by atoms with Crippen molar-refractivity contribution in [1.82, 2.24) is 10.3 Å². The van der Waals surface area contributed by atoms with Crippen molar-refractivity contribution in [2.24, 2.45) is 0 Å². The maximum absolute atomic E-state index is 12.0. The average molecular weight is 269 g/mol. The van der Waals surface area contributed by atoms with Gasteiger partial charge in [-0.25, -0.2) is 4.98 Å². The average Bonchev–Trinajstić information content (AvgIpc) is 2.47. The number of aromatic nitrogens is 1. The minimum absolute atomic E-state index is 0.159. The van der Waals surface area contributed by atoms with Crippen molar-refractivity contribution in [3.05, 3.63) is 59.4 Å². The first-order valence-electron chi connectivity index (χ1n) is 6.72. The number of pyridine rings is 1. The molecular weight excluding hydrogens is 250 g/mol. The van der Waals surface area contributed by atoms with Crippen LogP contribution in [0.25, 0.3) is 0 Å². The first-order chi connectivity index (χ1) is 9.69. The van der Waals surface area contributed by atoms with Gasteiger partial charge in [-0.1, -0.05) is 29.8 Å². The number of anilines is 1. The third-order valence-corrected chi connectivity index (χ3v) is 2.95. The summed E-state index contributed by atoms with van der Waals surface area (Å²) in [5, 5.41) is 6.01. The Hall–Kier alpha value is -2.36. The largest absolute Gasteiger partial charge is 0.384 e. The molecule has 2 rings (SSSR count). The molecule has 0 atom stereocenters. The van der Waals surface area contributed by atoms with E-state index in [4.69, 9.17) is 0 Å². The molecule has 0 saturated heterocycles. The van der Waals surface area contributed by atoms with Crippen molar-refractivity contribution in [2.45, 2.75) is 20.4 Å². The normalized spacial score (nSPS) is 10.1. The lowest BCUT2D eigenvalue weighted by Crippen LogP contribution is -2.23. The molecule has 4 nitrogen and oxygen atoms in total. The summed E-state index contributed by atoms with van der Waals surface area (Å²) in [5.41, 5.74) is 3.63. The summed E-state index contributed by atoms with van der Waals surface area (Å²) in [5.74, 6) is -0.159. The Labute approximate surface area is 119 Å². The smallest absolute Gasteiger partial charge is 0.270 e. The molecule has 4 heteroatoms. The van der Waals surface area contributed by atoms with Crippen LogP contribution in [0, 0.1) is 6.92 Å². The third-order valence-electron chi connectivity index (χ3n) is 2.95. The molecule has 1 aromatic carbocycles. The van der Waals surface area contributed by atoms with E-state index in [0.29, 0.717) is 12.2 Å². The standard InChI is InChI=1S/C16H19N3O/c1-3-17-14-8-9-15(18-11-14)16(20)19-10-13-6-4-12(2)5-7-13/h4-9,11,17H,3,10H2,1-2H3,(H,19,20). The highest BCUT2D eigenvalue weighted by molar-refractivity contribution is 5.92. The Morgan fingerprint density at radius 2 is 1.90 bits per heavy atom. The highest BCUT2D eigenvalue weighted by Gasteiger charge is 2.06. The molecule has 0 unspecified atom stereocenters.